The van der Waals surface area contributed by atoms with Gasteiger partial charge in [0.2, 0.25) is 0 Å². The minimum atomic E-state index is -0.292. The quantitative estimate of drug-likeness (QED) is 0.0551. The van der Waals surface area contributed by atoms with Crippen LogP contribution in [0.4, 0.5) is 0 Å². The Labute approximate surface area is 345 Å². The van der Waals surface area contributed by atoms with Gasteiger partial charge < -0.3 is 48.6 Å². The number of aliphatic hydroxyl groups is 1. The third-order valence-corrected chi connectivity index (χ3v) is 10.9. The summed E-state index contributed by atoms with van der Waals surface area (Å²) >= 11 is 0. The number of ether oxygens (including phenoxy) is 4. The molecule has 0 bridgehead atoms. The van der Waals surface area contributed by atoms with E-state index in [4.69, 9.17) is 24.1 Å². The monoisotopic (exact) mass is 812 g/mol. The summed E-state index contributed by atoms with van der Waals surface area (Å²) in [5.41, 5.74) is 0. The molecule has 0 aromatic heterocycles. The fourth-order valence-corrected chi connectivity index (χ4v) is 6.96. The van der Waals surface area contributed by atoms with Gasteiger partial charge in [-0.2, -0.15) is 0 Å². The largest absolute Gasteiger partial charge is 0.466 e. The lowest BCUT2D eigenvalue weighted by Crippen LogP contribution is -2.44. The van der Waals surface area contributed by atoms with Crippen LogP contribution in [0.2, 0.25) is 0 Å². The molecule has 0 aliphatic carbocycles. The zero-order chi connectivity index (χ0) is 41.2. The first-order chi connectivity index (χ1) is 27.7. The third-order valence-electron chi connectivity index (χ3n) is 10.9. The lowest BCUT2D eigenvalue weighted by molar-refractivity contribution is -0.147. The Hall–Kier alpha value is -2.36. The topological polar surface area (TPSA) is 142 Å². The van der Waals surface area contributed by atoms with Crippen molar-refractivity contribution in [3.05, 3.63) is 0 Å². The zero-order valence-electron chi connectivity index (χ0n) is 36.1. The molecular formula is C43H81N5O9. The van der Waals surface area contributed by atoms with Gasteiger partial charge in [-0.1, -0.05) is 25.7 Å². The van der Waals surface area contributed by atoms with Crippen molar-refractivity contribution in [3.8, 4) is 0 Å². The second-order valence-corrected chi connectivity index (χ2v) is 16.0. The predicted octanol–water partition coefficient (Wildman–Crippen LogP) is 4.36. The lowest BCUT2D eigenvalue weighted by atomic mass is 10.1. The fraction of sp³-hybridized carbons (Fsp3) is 0.907. The smallest absolute Gasteiger partial charge is 0.307 e. The van der Waals surface area contributed by atoms with E-state index in [1.807, 2.05) is 0 Å². The number of aliphatic hydroxyl groups excluding tert-OH is 1. The molecule has 2 aliphatic rings. The summed E-state index contributed by atoms with van der Waals surface area (Å²) in [6.45, 7) is 14.5. The number of hydrogen-bond acceptors (Lipinski definition) is 14. The molecule has 1 N–H and O–H groups in total. The summed E-state index contributed by atoms with van der Waals surface area (Å²) in [7, 11) is 4.34. The second kappa shape index (κ2) is 34.5. The Morgan fingerprint density at radius 3 is 1.16 bits per heavy atom. The van der Waals surface area contributed by atoms with Crippen molar-refractivity contribution in [1.82, 2.24) is 24.5 Å². The minimum Gasteiger partial charge on any atom is -0.466 e. The Morgan fingerprint density at radius 2 is 0.772 bits per heavy atom. The maximum Gasteiger partial charge on any atom is 0.307 e. The van der Waals surface area contributed by atoms with Gasteiger partial charge in [0.25, 0.3) is 0 Å². The van der Waals surface area contributed by atoms with E-state index in [2.05, 4.69) is 38.6 Å². The number of carbonyl (C=O) groups is 4. The Kier molecular flexibility index (Phi) is 30.7. The molecule has 0 spiro atoms. The van der Waals surface area contributed by atoms with Crippen LogP contribution in [0.5, 0.6) is 0 Å². The van der Waals surface area contributed by atoms with Crippen molar-refractivity contribution in [3.63, 3.8) is 0 Å². The van der Waals surface area contributed by atoms with Crippen LogP contribution >= 0.6 is 0 Å². The van der Waals surface area contributed by atoms with Gasteiger partial charge in [0.15, 0.2) is 0 Å². The Balaban J connectivity index is 1.42. The highest BCUT2D eigenvalue weighted by atomic mass is 16.5. The van der Waals surface area contributed by atoms with Crippen molar-refractivity contribution >= 4 is 23.9 Å². The zero-order valence-corrected chi connectivity index (χ0v) is 36.1. The van der Waals surface area contributed by atoms with Crippen molar-refractivity contribution < 1.29 is 43.2 Å². The van der Waals surface area contributed by atoms with Crippen LogP contribution in [0.1, 0.15) is 122 Å². The van der Waals surface area contributed by atoms with Crippen molar-refractivity contribution in [1.29, 1.82) is 0 Å². The van der Waals surface area contributed by atoms with E-state index in [-0.39, 0.29) is 56.5 Å². The van der Waals surface area contributed by atoms with Crippen LogP contribution in [-0.4, -0.2) is 186 Å². The highest BCUT2D eigenvalue weighted by molar-refractivity contribution is 5.70. The van der Waals surface area contributed by atoms with E-state index < -0.39 is 0 Å². The summed E-state index contributed by atoms with van der Waals surface area (Å²) in [6.07, 6.45) is 14.8. The van der Waals surface area contributed by atoms with Gasteiger partial charge in [0.05, 0.1) is 39.3 Å². The average molecular weight is 812 g/mol. The van der Waals surface area contributed by atoms with Crippen LogP contribution in [0.25, 0.3) is 0 Å². The van der Waals surface area contributed by atoms with E-state index in [0.29, 0.717) is 71.4 Å². The molecular weight excluding hydrogens is 730 g/mol. The standard InChI is InChI=1S/C43H81N5O9/c1-44-27-31-47(32-28-44)23-10-5-3-8-18-40(50)54-36-14-16-38-56-42(52)20-25-46(22-12-7-13-35-49)26-21-43(53)57-39-17-15-37-55-41(51)19-9-4-6-11-24-48-33-29-45(2)30-34-48/h49H,3-39H2,1-2H3. The molecule has 2 heterocycles. The van der Waals surface area contributed by atoms with Crippen molar-refractivity contribution in [2.24, 2.45) is 0 Å². The van der Waals surface area contributed by atoms with Crippen LogP contribution in [-0.2, 0) is 38.1 Å². The maximum atomic E-state index is 12.4. The van der Waals surface area contributed by atoms with E-state index in [9.17, 15) is 19.2 Å². The summed E-state index contributed by atoms with van der Waals surface area (Å²) in [6, 6.07) is 0. The van der Waals surface area contributed by atoms with Crippen LogP contribution < -0.4 is 0 Å². The normalized spacial score (nSPS) is 15.9. The molecule has 0 aromatic carbocycles. The first-order valence-corrected chi connectivity index (χ1v) is 22.5. The van der Waals surface area contributed by atoms with Crippen molar-refractivity contribution in [2.45, 2.75) is 122 Å². The second-order valence-electron chi connectivity index (χ2n) is 16.0. The van der Waals surface area contributed by atoms with Gasteiger partial charge in [-0.05, 0) is 104 Å². The van der Waals surface area contributed by atoms with Gasteiger partial charge >= 0.3 is 23.9 Å². The highest BCUT2D eigenvalue weighted by Gasteiger charge is 2.15. The molecule has 57 heavy (non-hydrogen) atoms. The molecule has 0 aromatic rings. The number of unbranched alkanes of at least 4 members (excludes halogenated alkanes) is 10. The number of hydrogen-bond donors (Lipinski definition) is 1. The van der Waals surface area contributed by atoms with Gasteiger partial charge in [-0.25, -0.2) is 0 Å². The maximum absolute atomic E-state index is 12.4. The number of likely N-dealkylation sites (N-methyl/N-ethyl adjacent to an activating group) is 2. The molecule has 0 amide bonds. The fourth-order valence-electron chi connectivity index (χ4n) is 6.96. The molecule has 2 aliphatic heterocycles. The van der Waals surface area contributed by atoms with Gasteiger partial charge in [-0.3, -0.25) is 19.2 Å². The SMILES string of the molecule is CN1CCN(CCCCCCC(=O)OCCCCOC(=O)CCN(CCCCCO)CCC(=O)OCCCCOC(=O)CCCCCCN2CCN(C)CC2)CC1. The molecule has 14 nitrogen and oxygen atoms in total. The van der Waals surface area contributed by atoms with E-state index in [1.54, 1.807) is 0 Å². The molecule has 0 atom stereocenters. The molecule has 0 unspecified atom stereocenters. The molecule has 14 heteroatoms. The van der Waals surface area contributed by atoms with Gasteiger partial charge in [-0.15, -0.1) is 0 Å². The summed E-state index contributed by atoms with van der Waals surface area (Å²) in [5.74, 6) is -0.897. The average Bonchev–Trinajstić information content (AvgIpc) is 3.20. The number of piperazine rings is 2. The number of carbonyl (C=O) groups excluding carboxylic acids is 4. The molecule has 2 rings (SSSR count). The van der Waals surface area contributed by atoms with Crippen LogP contribution in [0, 0.1) is 0 Å². The number of nitrogens with zero attached hydrogens (tertiary/aromatic N) is 5. The van der Waals surface area contributed by atoms with Crippen LogP contribution in [0.3, 0.4) is 0 Å². The van der Waals surface area contributed by atoms with Gasteiger partial charge in [0.1, 0.15) is 0 Å². The minimum absolute atomic E-state index is 0.145. The lowest BCUT2D eigenvalue weighted by Gasteiger charge is -2.32. The van der Waals surface area contributed by atoms with Crippen molar-refractivity contribution in [2.75, 3.05) is 132 Å². The molecule has 0 saturated carbocycles. The Bertz CT molecular complexity index is 965. The highest BCUT2D eigenvalue weighted by Crippen LogP contribution is 2.10. The summed E-state index contributed by atoms with van der Waals surface area (Å²) in [4.78, 5) is 60.8. The predicted molar refractivity (Wildman–Crippen MR) is 223 cm³/mol. The molecule has 0 radical (unpaired) electrons. The summed E-state index contributed by atoms with van der Waals surface area (Å²) in [5, 5.41) is 9.12. The number of rotatable bonds is 35. The third kappa shape index (κ3) is 29.5. The van der Waals surface area contributed by atoms with E-state index in [1.165, 1.54) is 12.8 Å². The molecule has 332 valence electrons. The first kappa shape index (κ1) is 50.8. The van der Waals surface area contributed by atoms with Crippen LogP contribution in [0.15, 0.2) is 0 Å². The first-order valence-electron chi connectivity index (χ1n) is 22.5. The Morgan fingerprint density at radius 1 is 0.421 bits per heavy atom. The molecule has 2 saturated heterocycles. The van der Waals surface area contributed by atoms with Gasteiger partial charge in [0, 0.05) is 84.9 Å². The molecule has 2 fully saturated rings. The van der Waals surface area contributed by atoms with E-state index >= 15 is 0 Å². The van der Waals surface area contributed by atoms with E-state index in [0.717, 1.165) is 123 Å². The summed E-state index contributed by atoms with van der Waals surface area (Å²) < 4.78 is 21.5. The number of esters is 4.